The van der Waals surface area contributed by atoms with E-state index in [1.807, 2.05) is 19.1 Å². The summed E-state index contributed by atoms with van der Waals surface area (Å²) in [6, 6.07) is 5.51. The molecule has 0 unspecified atom stereocenters. The van der Waals surface area contributed by atoms with Gasteiger partial charge in [-0.3, -0.25) is 14.6 Å². The molecular weight excluding hydrogens is 320 g/mol. The van der Waals surface area contributed by atoms with E-state index in [2.05, 4.69) is 15.5 Å². The molecule has 0 spiro atoms. The van der Waals surface area contributed by atoms with Crippen molar-refractivity contribution >= 4 is 11.8 Å². The lowest BCUT2D eigenvalue weighted by Crippen LogP contribution is -2.30. The highest BCUT2D eigenvalue weighted by Crippen LogP contribution is 2.32. The minimum Gasteiger partial charge on any atom is -0.352 e. The number of pyridine rings is 1. The van der Waals surface area contributed by atoms with Crippen molar-refractivity contribution in [1.82, 2.24) is 20.4 Å². The molecule has 7 nitrogen and oxygen atoms in total. The van der Waals surface area contributed by atoms with Crippen LogP contribution in [-0.4, -0.2) is 33.4 Å². The van der Waals surface area contributed by atoms with Crippen molar-refractivity contribution in [3.05, 3.63) is 47.1 Å². The molecule has 1 N–H and O–H groups in total. The van der Waals surface area contributed by atoms with Crippen LogP contribution in [-0.2, 0) is 17.8 Å². The summed E-state index contributed by atoms with van der Waals surface area (Å²) in [6.07, 6.45) is 4.28. The number of carbonyl (C=O) groups excluding carboxylic acids is 2. The van der Waals surface area contributed by atoms with Crippen molar-refractivity contribution in [3.63, 3.8) is 0 Å². The van der Waals surface area contributed by atoms with Crippen LogP contribution in [0, 0.1) is 0 Å². The van der Waals surface area contributed by atoms with Gasteiger partial charge in [0.1, 0.15) is 0 Å². The highest BCUT2D eigenvalue weighted by atomic mass is 16.5. The first-order valence-corrected chi connectivity index (χ1v) is 8.54. The van der Waals surface area contributed by atoms with Gasteiger partial charge in [-0.2, -0.15) is 0 Å². The van der Waals surface area contributed by atoms with E-state index in [1.165, 1.54) is 6.92 Å². The Kier molecular flexibility index (Phi) is 5.11. The van der Waals surface area contributed by atoms with E-state index in [-0.39, 0.29) is 23.6 Å². The average molecular weight is 342 g/mol. The molecule has 0 bridgehead atoms. The smallest absolute Gasteiger partial charge is 0.293 e. The number of hydrogen-bond acceptors (Lipinski definition) is 5. The molecule has 1 saturated heterocycles. The SMILES string of the molecule is CCc1cc(C(=O)N2CCC[C@H]2c2ccc(CNC(C)=O)cn2)on1. The topological polar surface area (TPSA) is 88.3 Å². The largest absolute Gasteiger partial charge is 0.352 e. The first kappa shape index (κ1) is 17.1. The van der Waals surface area contributed by atoms with Crippen LogP contribution in [0.2, 0.25) is 0 Å². The van der Waals surface area contributed by atoms with Crippen LogP contribution in [0.3, 0.4) is 0 Å². The lowest BCUT2D eigenvalue weighted by Gasteiger charge is -2.23. The number of likely N-dealkylation sites (tertiary alicyclic amines) is 1. The monoisotopic (exact) mass is 342 g/mol. The zero-order valence-corrected chi connectivity index (χ0v) is 14.5. The Morgan fingerprint density at radius 1 is 1.40 bits per heavy atom. The summed E-state index contributed by atoms with van der Waals surface area (Å²) in [5, 5.41) is 6.64. The normalized spacial score (nSPS) is 16.9. The Morgan fingerprint density at radius 3 is 2.88 bits per heavy atom. The Hall–Kier alpha value is -2.70. The van der Waals surface area contributed by atoms with Crippen LogP contribution < -0.4 is 5.32 Å². The number of nitrogens with one attached hydrogen (secondary N) is 1. The second-order valence-electron chi connectivity index (χ2n) is 6.19. The van der Waals surface area contributed by atoms with Crippen LogP contribution in [0.4, 0.5) is 0 Å². The number of amides is 2. The van der Waals surface area contributed by atoms with E-state index >= 15 is 0 Å². The number of nitrogens with zero attached hydrogens (tertiary/aromatic N) is 3. The Bertz CT molecular complexity index is 754. The van der Waals surface area contributed by atoms with E-state index in [0.717, 1.165) is 36.2 Å². The first-order valence-electron chi connectivity index (χ1n) is 8.54. The maximum atomic E-state index is 12.7. The molecule has 0 saturated carbocycles. The number of aryl methyl sites for hydroxylation is 1. The fourth-order valence-electron chi connectivity index (χ4n) is 3.00. The van der Waals surface area contributed by atoms with Gasteiger partial charge in [-0.25, -0.2) is 0 Å². The van der Waals surface area contributed by atoms with Crippen LogP contribution in [0.5, 0.6) is 0 Å². The van der Waals surface area contributed by atoms with Crippen LogP contribution >= 0.6 is 0 Å². The summed E-state index contributed by atoms with van der Waals surface area (Å²) in [7, 11) is 0. The fourth-order valence-corrected chi connectivity index (χ4v) is 3.00. The third-order valence-corrected chi connectivity index (χ3v) is 4.38. The van der Waals surface area contributed by atoms with Crippen molar-refractivity contribution in [2.24, 2.45) is 0 Å². The molecule has 25 heavy (non-hydrogen) atoms. The molecule has 7 heteroatoms. The number of carbonyl (C=O) groups is 2. The molecular formula is C18H22N4O3. The molecule has 0 radical (unpaired) electrons. The molecule has 2 aromatic heterocycles. The Morgan fingerprint density at radius 2 is 2.24 bits per heavy atom. The summed E-state index contributed by atoms with van der Waals surface area (Å²) in [5.74, 6) is 0.0694. The molecule has 1 aliphatic heterocycles. The zero-order valence-electron chi connectivity index (χ0n) is 14.5. The summed E-state index contributed by atoms with van der Waals surface area (Å²) in [6.45, 7) is 4.59. The minimum atomic E-state index is -0.140. The molecule has 0 aliphatic carbocycles. The molecule has 132 valence electrons. The summed E-state index contributed by atoms with van der Waals surface area (Å²) in [4.78, 5) is 30.0. The lowest BCUT2D eigenvalue weighted by molar-refractivity contribution is -0.119. The van der Waals surface area contributed by atoms with Crippen molar-refractivity contribution in [2.45, 2.75) is 45.7 Å². The summed E-state index contributed by atoms with van der Waals surface area (Å²) < 4.78 is 5.19. The lowest BCUT2D eigenvalue weighted by atomic mass is 10.1. The van der Waals surface area contributed by atoms with Crippen molar-refractivity contribution in [2.75, 3.05) is 6.54 Å². The van der Waals surface area contributed by atoms with Crippen LogP contribution in [0.1, 0.15) is 60.2 Å². The average Bonchev–Trinajstić information content (AvgIpc) is 3.29. The van der Waals surface area contributed by atoms with Gasteiger partial charge in [0, 0.05) is 32.3 Å². The quantitative estimate of drug-likeness (QED) is 0.900. The van der Waals surface area contributed by atoms with Crippen molar-refractivity contribution < 1.29 is 14.1 Å². The molecule has 1 fully saturated rings. The third-order valence-electron chi connectivity index (χ3n) is 4.38. The molecule has 3 rings (SSSR count). The van der Waals surface area contributed by atoms with E-state index < -0.39 is 0 Å². The predicted molar refractivity (Wildman–Crippen MR) is 90.7 cm³/mol. The highest BCUT2D eigenvalue weighted by molar-refractivity contribution is 5.92. The molecule has 3 heterocycles. The van der Waals surface area contributed by atoms with E-state index in [1.54, 1.807) is 17.2 Å². The Labute approximate surface area is 146 Å². The summed E-state index contributed by atoms with van der Waals surface area (Å²) >= 11 is 0. The van der Waals surface area contributed by atoms with Crippen molar-refractivity contribution in [1.29, 1.82) is 0 Å². The minimum absolute atomic E-state index is 0.0579. The van der Waals surface area contributed by atoms with Gasteiger partial charge in [0.25, 0.3) is 5.91 Å². The number of aromatic nitrogens is 2. The van der Waals surface area contributed by atoms with E-state index in [4.69, 9.17) is 4.52 Å². The standard InChI is InChI=1S/C18H22N4O3/c1-3-14-9-17(25-21-14)18(24)22-8-4-5-16(22)15-7-6-13(11-20-15)10-19-12(2)23/h6-7,9,11,16H,3-5,8,10H2,1-2H3,(H,19,23)/t16-/m0/s1. The van der Waals surface area contributed by atoms with E-state index in [0.29, 0.717) is 13.1 Å². The molecule has 1 atom stereocenters. The number of hydrogen-bond donors (Lipinski definition) is 1. The van der Waals surface area contributed by atoms with Gasteiger partial charge in [0.05, 0.1) is 17.4 Å². The maximum Gasteiger partial charge on any atom is 0.293 e. The van der Waals surface area contributed by atoms with Gasteiger partial charge in [-0.15, -0.1) is 0 Å². The van der Waals surface area contributed by atoms with E-state index in [9.17, 15) is 9.59 Å². The van der Waals surface area contributed by atoms with Gasteiger partial charge in [-0.1, -0.05) is 18.1 Å². The number of rotatable bonds is 5. The fraction of sp³-hybridized carbons (Fsp3) is 0.444. The van der Waals surface area contributed by atoms with Gasteiger partial charge in [-0.05, 0) is 30.9 Å². The first-order chi connectivity index (χ1) is 12.1. The van der Waals surface area contributed by atoms with Crippen LogP contribution in [0.15, 0.2) is 28.9 Å². The summed E-state index contributed by atoms with van der Waals surface area (Å²) in [5.41, 5.74) is 2.56. The third kappa shape index (κ3) is 3.87. The predicted octanol–water partition coefficient (Wildman–Crippen LogP) is 2.25. The van der Waals surface area contributed by atoms with Crippen molar-refractivity contribution in [3.8, 4) is 0 Å². The maximum absolute atomic E-state index is 12.7. The zero-order chi connectivity index (χ0) is 17.8. The van der Waals surface area contributed by atoms with Gasteiger partial charge >= 0.3 is 0 Å². The molecule has 2 amide bonds. The Balaban J connectivity index is 1.72. The second kappa shape index (κ2) is 7.46. The van der Waals surface area contributed by atoms with Gasteiger partial charge in [0.2, 0.25) is 11.7 Å². The van der Waals surface area contributed by atoms with Gasteiger partial charge in [0.15, 0.2) is 0 Å². The molecule has 0 aromatic carbocycles. The molecule has 1 aliphatic rings. The second-order valence-corrected chi connectivity index (χ2v) is 6.19. The molecule has 2 aromatic rings. The van der Waals surface area contributed by atoms with Gasteiger partial charge < -0.3 is 14.7 Å². The highest BCUT2D eigenvalue weighted by Gasteiger charge is 2.33. The van der Waals surface area contributed by atoms with Crippen LogP contribution in [0.25, 0.3) is 0 Å².